The molecule has 0 N–H and O–H groups in total. The number of benzene rings is 1. The maximum absolute atomic E-state index is 11.7. The van der Waals surface area contributed by atoms with Gasteiger partial charge in [0, 0.05) is 43.0 Å². The molecule has 0 radical (unpaired) electrons. The molecule has 4 nitrogen and oxygen atoms in total. The zero-order chi connectivity index (χ0) is 20.4. The molecule has 2 aromatic rings. The molecule has 4 rings (SSSR count). The number of fused-ring (bicyclic) bond motifs is 4. The van der Waals surface area contributed by atoms with Crippen molar-refractivity contribution >= 4 is 12.2 Å². The minimum absolute atomic E-state index is 0.263. The van der Waals surface area contributed by atoms with Gasteiger partial charge in [0.2, 0.25) is 5.88 Å². The predicted molar refractivity (Wildman–Crippen MR) is 115 cm³/mol. The van der Waals surface area contributed by atoms with Crippen molar-refractivity contribution in [3.63, 3.8) is 0 Å². The second kappa shape index (κ2) is 7.78. The van der Waals surface area contributed by atoms with Crippen LogP contribution in [0, 0.1) is 5.92 Å². The molecule has 1 aromatic carbocycles. The number of pyridine rings is 1. The first-order valence-electron chi connectivity index (χ1n) is 10.2. The summed E-state index contributed by atoms with van der Waals surface area (Å²) in [5, 5.41) is 0. The summed E-state index contributed by atoms with van der Waals surface area (Å²) in [4.78, 5) is 21.6. The molecule has 2 bridgehead atoms. The Morgan fingerprint density at radius 1 is 1.28 bits per heavy atom. The second-order valence-corrected chi connectivity index (χ2v) is 7.74. The van der Waals surface area contributed by atoms with Gasteiger partial charge in [0.05, 0.1) is 5.69 Å². The first kappa shape index (κ1) is 19.3. The van der Waals surface area contributed by atoms with Gasteiger partial charge in [-0.25, -0.2) is 4.98 Å². The molecule has 1 aromatic heterocycles. The van der Waals surface area contributed by atoms with E-state index in [0.29, 0.717) is 12.3 Å². The third kappa shape index (κ3) is 3.55. The lowest BCUT2D eigenvalue weighted by Crippen LogP contribution is -2.39. The molecular formula is C25H26N2O2. The van der Waals surface area contributed by atoms with E-state index in [-0.39, 0.29) is 11.9 Å². The van der Waals surface area contributed by atoms with Gasteiger partial charge >= 0.3 is 5.97 Å². The minimum Gasteiger partial charge on any atom is -0.407 e. The summed E-state index contributed by atoms with van der Waals surface area (Å²) in [5.41, 5.74) is 5.37. The van der Waals surface area contributed by atoms with Crippen molar-refractivity contribution in [1.82, 2.24) is 4.98 Å². The number of aliphatic imine (C=N–C) groups is 1. The van der Waals surface area contributed by atoms with E-state index in [0.717, 1.165) is 29.7 Å². The van der Waals surface area contributed by atoms with Gasteiger partial charge in [-0.3, -0.25) is 9.79 Å². The highest BCUT2D eigenvalue weighted by Crippen LogP contribution is 2.52. The standard InChI is InChI=1S/C25H26N2O2/c1-4-20-19-13-17(3)15-25(20,26-16-18-9-7-6-8-10-18)21-11-12-23(27-22(21)14-19)29-24(28)5-2/h4,6-13,16,19H,5,14-15H2,1-3H3. The highest BCUT2D eigenvalue weighted by Gasteiger charge is 2.46. The summed E-state index contributed by atoms with van der Waals surface area (Å²) in [6.45, 7) is 6.06. The first-order valence-corrected chi connectivity index (χ1v) is 10.2. The van der Waals surface area contributed by atoms with Crippen LogP contribution in [-0.2, 0) is 16.8 Å². The molecule has 2 aliphatic carbocycles. The zero-order valence-corrected chi connectivity index (χ0v) is 17.2. The predicted octanol–water partition coefficient (Wildman–Crippen LogP) is 5.18. The summed E-state index contributed by atoms with van der Waals surface area (Å²) < 4.78 is 5.37. The first-order chi connectivity index (χ1) is 14.1. The maximum Gasteiger partial charge on any atom is 0.312 e. The van der Waals surface area contributed by atoms with Gasteiger partial charge in [0.25, 0.3) is 0 Å². The molecule has 0 fully saturated rings. The number of carbonyl (C=O) groups excluding carboxylic acids is 1. The Kier molecular flexibility index (Phi) is 5.18. The van der Waals surface area contributed by atoms with Crippen LogP contribution in [0.4, 0.5) is 0 Å². The van der Waals surface area contributed by atoms with Gasteiger partial charge in [-0.05, 0) is 31.1 Å². The van der Waals surface area contributed by atoms with Crippen molar-refractivity contribution in [2.75, 3.05) is 0 Å². The summed E-state index contributed by atoms with van der Waals surface area (Å²) in [5.74, 6) is 0.370. The van der Waals surface area contributed by atoms with Crippen LogP contribution in [0.2, 0.25) is 0 Å². The highest BCUT2D eigenvalue weighted by atomic mass is 16.5. The Labute approximate surface area is 172 Å². The Hall–Kier alpha value is -3.01. The number of hydrogen-bond donors (Lipinski definition) is 0. The Bertz CT molecular complexity index is 1020. The van der Waals surface area contributed by atoms with E-state index < -0.39 is 5.54 Å². The van der Waals surface area contributed by atoms with E-state index in [4.69, 9.17) is 14.7 Å². The fourth-order valence-corrected chi connectivity index (χ4v) is 4.56. The summed E-state index contributed by atoms with van der Waals surface area (Å²) in [6.07, 6.45) is 8.48. The highest BCUT2D eigenvalue weighted by molar-refractivity contribution is 5.80. The molecule has 148 valence electrons. The lowest BCUT2D eigenvalue weighted by molar-refractivity contribution is -0.134. The van der Waals surface area contributed by atoms with Crippen LogP contribution in [-0.4, -0.2) is 17.2 Å². The van der Waals surface area contributed by atoms with Gasteiger partial charge in [-0.2, -0.15) is 0 Å². The van der Waals surface area contributed by atoms with Crippen LogP contribution >= 0.6 is 0 Å². The molecule has 0 amide bonds. The SMILES string of the molecule is CC=C1C2C=C(C)CC1(N=Cc1ccccc1)c1ccc(OC(=O)CC)nc1C2. The van der Waals surface area contributed by atoms with Gasteiger partial charge in [0.1, 0.15) is 5.54 Å². The third-order valence-corrected chi connectivity index (χ3v) is 5.76. The smallest absolute Gasteiger partial charge is 0.312 e. The number of nitrogens with zero attached hydrogens (tertiary/aromatic N) is 2. The molecule has 2 aliphatic rings. The van der Waals surface area contributed by atoms with Crippen LogP contribution in [0.3, 0.4) is 0 Å². The van der Waals surface area contributed by atoms with Crippen LogP contribution in [0.15, 0.2) is 70.8 Å². The lowest BCUT2D eigenvalue weighted by atomic mass is 9.63. The summed E-state index contributed by atoms with van der Waals surface area (Å²) in [6, 6.07) is 14.0. The van der Waals surface area contributed by atoms with Gasteiger partial charge in [-0.1, -0.05) is 55.0 Å². The molecular weight excluding hydrogens is 360 g/mol. The van der Waals surface area contributed by atoms with E-state index in [2.05, 4.69) is 38.1 Å². The molecule has 2 unspecified atom stereocenters. The molecule has 2 atom stereocenters. The van der Waals surface area contributed by atoms with Crippen LogP contribution < -0.4 is 4.74 Å². The lowest BCUT2D eigenvalue weighted by Gasteiger charge is -2.45. The largest absolute Gasteiger partial charge is 0.407 e. The van der Waals surface area contributed by atoms with Crippen molar-refractivity contribution < 1.29 is 9.53 Å². The number of esters is 1. The normalized spacial score (nSPS) is 24.3. The van der Waals surface area contributed by atoms with E-state index >= 15 is 0 Å². The number of allylic oxidation sites excluding steroid dienone is 2. The number of carbonyl (C=O) groups is 1. The number of hydrogen-bond acceptors (Lipinski definition) is 4. The van der Waals surface area contributed by atoms with Crippen molar-refractivity contribution in [3.05, 3.63) is 82.6 Å². The minimum atomic E-state index is -0.456. The van der Waals surface area contributed by atoms with Crippen molar-refractivity contribution in [2.24, 2.45) is 10.9 Å². The van der Waals surface area contributed by atoms with E-state index in [1.165, 1.54) is 11.1 Å². The molecule has 0 saturated heterocycles. The summed E-state index contributed by atoms with van der Waals surface area (Å²) >= 11 is 0. The van der Waals surface area contributed by atoms with Gasteiger partial charge < -0.3 is 4.74 Å². The van der Waals surface area contributed by atoms with Crippen molar-refractivity contribution in [1.29, 1.82) is 0 Å². The maximum atomic E-state index is 11.7. The monoisotopic (exact) mass is 386 g/mol. The molecule has 4 heteroatoms. The van der Waals surface area contributed by atoms with E-state index in [1.54, 1.807) is 13.0 Å². The number of aromatic nitrogens is 1. The average Bonchev–Trinajstić information content (AvgIpc) is 2.72. The Balaban J connectivity index is 1.83. The quantitative estimate of drug-likeness (QED) is 0.413. The van der Waals surface area contributed by atoms with Crippen LogP contribution in [0.5, 0.6) is 5.88 Å². The zero-order valence-electron chi connectivity index (χ0n) is 17.2. The average molecular weight is 386 g/mol. The molecule has 0 aliphatic heterocycles. The van der Waals surface area contributed by atoms with Crippen molar-refractivity contribution in [2.45, 2.75) is 45.6 Å². The number of ether oxygens (including phenoxy) is 1. The second-order valence-electron chi connectivity index (χ2n) is 7.74. The number of rotatable bonds is 4. The Morgan fingerprint density at radius 3 is 2.79 bits per heavy atom. The van der Waals surface area contributed by atoms with Gasteiger partial charge in [-0.15, -0.1) is 0 Å². The van der Waals surface area contributed by atoms with Crippen molar-refractivity contribution in [3.8, 4) is 5.88 Å². The van der Waals surface area contributed by atoms with Gasteiger partial charge in [0.15, 0.2) is 0 Å². The van der Waals surface area contributed by atoms with Crippen LogP contribution in [0.25, 0.3) is 0 Å². The molecule has 29 heavy (non-hydrogen) atoms. The molecule has 1 heterocycles. The molecule has 0 saturated carbocycles. The van der Waals surface area contributed by atoms with E-state index in [9.17, 15) is 4.79 Å². The topological polar surface area (TPSA) is 51.5 Å². The fourth-order valence-electron chi connectivity index (χ4n) is 4.56. The Morgan fingerprint density at radius 2 is 2.07 bits per heavy atom. The summed E-state index contributed by atoms with van der Waals surface area (Å²) in [7, 11) is 0. The van der Waals surface area contributed by atoms with Crippen LogP contribution in [0.1, 0.15) is 50.4 Å². The molecule has 0 spiro atoms. The fraction of sp³-hybridized carbons (Fsp3) is 0.320. The third-order valence-electron chi connectivity index (χ3n) is 5.76. The van der Waals surface area contributed by atoms with E-state index in [1.807, 2.05) is 30.5 Å².